The van der Waals surface area contributed by atoms with Crippen LogP contribution in [0.3, 0.4) is 0 Å². The zero-order valence-electron chi connectivity index (χ0n) is 16.3. The van der Waals surface area contributed by atoms with Crippen LogP contribution in [0.5, 0.6) is 5.88 Å². The number of amides is 1. The number of carbonyl (C=O) groups excluding carboxylic acids is 1. The van der Waals surface area contributed by atoms with Gasteiger partial charge in [-0.2, -0.15) is 13.2 Å². The van der Waals surface area contributed by atoms with Gasteiger partial charge in [0.15, 0.2) is 12.6 Å². The average molecular weight is 405 g/mol. The highest BCUT2D eigenvalue weighted by atomic mass is 19.4. The fourth-order valence-corrected chi connectivity index (χ4v) is 1.82. The van der Waals surface area contributed by atoms with Crippen molar-refractivity contribution in [2.24, 2.45) is 4.99 Å². The van der Waals surface area contributed by atoms with Crippen molar-refractivity contribution in [3.8, 4) is 5.88 Å². The lowest BCUT2D eigenvalue weighted by molar-refractivity contribution is -0.154. The highest BCUT2D eigenvalue weighted by Gasteiger charge is 2.28. The molecule has 0 aliphatic heterocycles. The van der Waals surface area contributed by atoms with Gasteiger partial charge in [0.1, 0.15) is 5.60 Å². The summed E-state index contributed by atoms with van der Waals surface area (Å²) in [5.74, 6) is 0.389. The summed E-state index contributed by atoms with van der Waals surface area (Å²) in [5, 5.41) is 8.64. The average Bonchev–Trinajstić information content (AvgIpc) is 2.58. The number of pyridine rings is 1. The normalized spacial score (nSPS) is 12.3. The number of halogens is 3. The number of aliphatic imine (C=N–C) groups is 1. The maximum Gasteiger partial charge on any atom is 0.422 e. The predicted octanol–water partition coefficient (Wildman–Crippen LogP) is 2.21. The maximum absolute atomic E-state index is 12.1. The first kappa shape index (κ1) is 23.3. The lowest BCUT2D eigenvalue weighted by Gasteiger charge is -2.19. The summed E-state index contributed by atoms with van der Waals surface area (Å²) in [6, 6.07) is 2.97. The van der Waals surface area contributed by atoms with Crippen LogP contribution in [0.25, 0.3) is 0 Å². The van der Waals surface area contributed by atoms with Crippen molar-refractivity contribution in [3.63, 3.8) is 0 Å². The van der Waals surface area contributed by atoms with Crippen LogP contribution in [-0.2, 0) is 11.3 Å². The molecule has 28 heavy (non-hydrogen) atoms. The molecule has 1 amide bonds. The summed E-state index contributed by atoms with van der Waals surface area (Å²) in [7, 11) is 1.59. The van der Waals surface area contributed by atoms with Gasteiger partial charge in [-0.3, -0.25) is 4.99 Å². The van der Waals surface area contributed by atoms with Gasteiger partial charge in [0, 0.05) is 38.9 Å². The molecule has 8 nitrogen and oxygen atoms in total. The third-order valence-corrected chi connectivity index (χ3v) is 2.95. The first-order valence-electron chi connectivity index (χ1n) is 8.54. The number of rotatable bonds is 7. The number of nitrogens with zero attached hydrogens (tertiary/aromatic N) is 2. The highest BCUT2D eigenvalue weighted by Crippen LogP contribution is 2.17. The Morgan fingerprint density at radius 3 is 2.36 bits per heavy atom. The molecule has 0 unspecified atom stereocenters. The third kappa shape index (κ3) is 11.1. The number of aromatic nitrogens is 1. The molecule has 0 saturated heterocycles. The second-order valence-electron chi connectivity index (χ2n) is 6.69. The number of nitrogens with one attached hydrogen (secondary N) is 3. The number of hydrogen-bond donors (Lipinski definition) is 3. The highest BCUT2D eigenvalue weighted by molar-refractivity contribution is 5.79. The fourth-order valence-electron chi connectivity index (χ4n) is 1.82. The summed E-state index contributed by atoms with van der Waals surface area (Å²) >= 11 is 0. The molecular weight excluding hydrogens is 379 g/mol. The molecule has 0 aromatic carbocycles. The van der Waals surface area contributed by atoms with Gasteiger partial charge >= 0.3 is 12.3 Å². The Hall–Kier alpha value is -2.72. The fraction of sp³-hybridized carbons (Fsp3) is 0.588. The molecule has 0 atom stereocenters. The molecule has 0 fully saturated rings. The number of hydrogen-bond acceptors (Lipinski definition) is 5. The van der Waals surface area contributed by atoms with E-state index in [0.717, 1.165) is 5.56 Å². The van der Waals surface area contributed by atoms with Crippen molar-refractivity contribution in [1.29, 1.82) is 0 Å². The van der Waals surface area contributed by atoms with E-state index >= 15 is 0 Å². The Kier molecular flexibility index (Phi) is 8.80. The van der Waals surface area contributed by atoms with Crippen molar-refractivity contribution in [2.45, 2.75) is 39.1 Å². The van der Waals surface area contributed by atoms with Gasteiger partial charge < -0.3 is 25.4 Å². The van der Waals surface area contributed by atoms with E-state index in [0.29, 0.717) is 25.6 Å². The van der Waals surface area contributed by atoms with Crippen LogP contribution in [-0.4, -0.2) is 55.6 Å². The van der Waals surface area contributed by atoms with E-state index in [1.807, 2.05) is 0 Å². The van der Waals surface area contributed by atoms with E-state index in [1.165, 1.54) is 12.3 Å². The molecule has 0 aliphatic rings. The van der Waals surface area contributed by atoms with Gasteiger partial charge in [0.2, 0.25) is 5.88 Å². The van der Waals surface area contributed by atoms with E-state index in [4.69, 9.17) is 4.74 Å². The van der Waals surface area contributed by atoms with Crippen LogP contribution in [0.1, 0.15) is 26.3 Å². The van der Waals surface area contributed by atoms with E-state index in [1.54, 1.807) is 33.9 Å². The largest absolute Gasteiger partial charge is 0.468 e. The van der Waals surface area contributed by atoms with Gasteiger partial charge in [0.25, 0.3) is 0 Å². The van der Waals surface area contributed by atoms with Crippen LogP contribution >= 0.6 is 0 Å². The van der Waals surface area contributed by atoms with Crippen LogP contribution < -0.4 is 20.7 Å². The van der Waals surface area contributed by atoms with Crippen molar-refractivity contribution in [2.75, 3.05) is 26.7 Å². The molecule has 0 aliphatic carbocycles. The van der Waals surface area contributed by atoms with E-state index < -0.39 is 24.5 Å². The number of alkyl carbamates (subject to hydrolysis) is 1. The Bertz CT molecular complexity index is 643. The summed E-state index contributed by atoms with van der Waals surface area (Å²) in [6.07, 6.45) is -3.50. The Labute approximate surface area is 161 Å². The minimum Gasteiger partial charge on any atom is -0.468 e. The predicted molar refractivity (Wildman–Crippen MR) is 98.2 cm³/mol. The molecule has 1 aromatic heterocycles. The van der Waals surface area contributed by atoms with Crippen LogP contribution in [0.15, 0.2) is 23.3 Å². The molecule has 3 N–H and O–H groups in total. The first-order chi connectivity index (χ1) is 13.0. The molecule has 0 saturated carbocycles. The molecule has 1 rings (SSSR count). The smallest absolute Gasteiger partial charge is 0.422 e. The molecular formula is C17H26F3N5O3. The minimum atomic E-state index is -4.40. The summed E-state index contributed by atoms with van der Waals surface area (Å²) in [6.45, 7) is 5.06. The zero-order valence-corrected chi connectivity index (χ0v) is 16.3. The first-order valence-corrected chi connectivity index (χ1v) is 8.54. The van der Waals surface area contributed by atoms with Crippen LogP contribution in [0, 0.1) is 0 Å². The van der Waals surface area contributed by atoms with Crippen molar-refractivity contribution >= 4 is 12.1 Å². The van der Waals surface area contributed by atoms with E-state index in [9.17, 15) is 18.0 Å². The van der Waals surface area contributed by atoms with Gasteiger partial charge in [0.05, 0.1) is 0 Å². The Balaban J connectivity index is 2.31. The Morgan fingerprint density at radius 1 is 1.14 bits per heavy atom. The molecule has 158 valence electrons. The van der Waals surface area contributed by atoms with Gasteiger partial charge in [-0.05, 0) is 26.3 Å². The van der Waals surface area contributed by atoms with Crippen molar-refractivity contribution in [3.05, 3.63) is 23.9 Å². The summed E-state index contributed by atoms with van der Waals surface area (Å²) < 4.78 is 46.0. The summed E-state index contributed by atoms with van der Waals surface area (Å²) in [4.78, 5) is 19.4. The van der Waals surface area contributed by atoms with Crippen molar-refractivity contribution in [1.82, 2.24) is 20.9 Å². The molecule has 0 radical (unpaired) electrons. The topological polar surface area (TPSA) is 96.9 Å². The molecule has 0 bridgehead atoms. The standard InChI is InChI=1S/C17H26F3N5O3/c1-16(2,3)28-15(26)23-8-7-22-14(21-4)25-10-12-5-6-13(24-9-12)27-11-17(18,19)20/h5-6,9H,7-8,10-11H2,1-4H3,(H,23,26)(H2,21,22,25). The summed E-state index contributed by atoms with van der Waals surface area (Å²) in [5.41, 5.74) is 0.172. The number of ether oxygens (including phenoxy) is 2. The second kappa shape index (κ2) is 10.6. The quantitative estimate of drug-likeness (QED) is 0.366. The number of alkyl halides is 3. The number of guanidine groups is 1. The molecule has 11 heteroatoms. The lowest BCUT2D eigenvalue weighted by atomic mass is 10.2. The van der Waals surface area contributed by atoms with Crippen LogP contribution in [0.4, 0.5) is 18.0 Å². The van der Waals surface area contributed by atoms with Gasteiger partial charge in [-0.15, -0.1) is 0 Å². The SMILES string of the molecule is CN=C(NCCNC(=O)OC(C)(C)C)NCc1ccc(OCC(F)(F)F)nc1. The van der Waals surface area contributed by atoms with Gasteiger partial charge in [-0.1, -0.05) is 6.07 Å². The van der Waals surface area contributed by atoms with Crippen molar-refractivity contribution < 1.29 is 27.4 Å². The lowest BCUT2D eigenvalue weighted by Crippen LogP contribution is -2.42. The maximum atomic E-state index is 12.1. The molecule has 0 spiro atoms. The minimum absolute atomic E-state index is 0.100. The molecule has 1 heterocycles. The van der Waals surface area contributed by atoms with E-state index in [-0.39, 0.29) is 5.88 Å². The third-order valence-electron chi connectivity index (χ3n) is 2.95. The monoisotopic (exact) mass is 405 g/mol. The zero-order chi connectivity index (χ0) is 21.2. The van der Waals surface area contributed by atoms with Gasteiger partial charge in [-0.25, -0.2) is 9.78 Å². The van der Waals surface area contributed by atoms with Crippen LogP contribution in [0.2, 0.25) is 0 Å². The molecule has 1 aromatic rings. The van der Waals surface area contributed by atoms with E-state index in [2.05, 4.69) is 30.7 Å². The Morgan fingerprint density at radius 2 is 1.82 bits per heavy atom. The second-order valence-corrected chi connectivity index (χ2v) is 6.69. The number of carbonyl (C=O) groups is 1.